The summed E-state index contributed by atoms with van der Waals surface area (Å²) in [4.78, 5) is 16.3. The largest absolute Gasteiger partial charge is 0.370 e. The standard InChI is InChI=1S/C20H30N4O.HI/c21-20(22-14-13-19(25)23-16-9-2-1-3-10-16)24-18-12-6-8-15-7-4-5-11-17(15)18;/h6,8,12,16H,1-5,7,9-11,13-14H2,(H,23,25)(H3,21,22,24);1H. The fourth-order valence-corrected chi connectivity index (χ4v) is 3.90. The number of benzene rings is 1. The van der Waals surface area contributed by atoms with Crippen molar-refractivity contribution in [1.82, 2.24) is 5.32 Å². The predicted octanol–water partition coefficient (Wildman–Crippen LogP) is 3.75. The minimum Gasteiger partial charge on any atom is -0.370 e. The number of nitrogens with two attached hydrogens (primary N) is 1. The van der Waals surface area contributed by atoms with E-state index in [0.717, 1.165) is 31.4 Å². The SMILES string of the molecule is I.NC(=NCCC(=O)NC1CCCCC1)Nc1cccc2c1CCCC2. The third kappa shape index (κ3) is 6.14. The van der Waals surface area contributed by atoms with Crippen LogP contribution in [0.5, 0.6) is 0 Å². The maximum atomic E-state index is 12.0. The number of fused-ring (bicyclic) bond motifs is 1. The third-order valence-electron chi connectivity index (χ3n) is 5.25. The van der Waals surface area contributed by atoms with Crippen LogP contribution in [0.2, 0.25) is 0 Å². The van der Waals surface area contributed by atoms with Gasteiger partial charge in [0.2, 0.25) is 5.91 Å². The molecule has 0 aliphatic heterocycles. The van der Waals surface area contributed by atoms with Crippen molar-refractivity contribution in [2.45, 2.75) is 70.3 Å². The Morgan fingerprint density at radius 3 is 2.69 bits per heavy atom. The van der Waals surface area contributed by atoms with E-state index in [-0.39, 0.29) is 29.9 Å². The van der Waals surface area contributed by atoms with Gasteiger partial charge in [-0.3, -0.25) is 9.79 Å². The van der Waals surface area contributed by atoms with Crippen molar-refractivity contribution in [3.8, 4) is 0 Å². The Morgan fingerprint density at radius 1 is 1.12 bits per heavy atom. The lowest BCUT2D eigenvalue weighted by Gasteiger charge is -2.22. The molecule has 5 nitrogen and oxygen atoms in total. The first-order valence-corrected chi connectivity index (χ1v) is 9.69. The van der Waals surface area contributed by atoms with Gasteiger partial charge in [-0.2, -0.15) is 0 Å². The summed E-state index contributed by atoms with van der Waals surface area (Å²) >= 11 is 0. The normalized spacial score (nSPS) is 17.8. The number of hydrogen-bond donors (Lipinski definition) is 3. The van der Waals surface area contributed by atoms with Crippen LogP contribution in [-0.4, -0.2) is 24.5 Å². The molecule has 0 bridgehead atoms. The number of carbonyl (C=O) groups is 1. The topological polar surface area (TPSA) is 79.5 Å². The summed E-state index contributed by atoms with van der Waals surface area (Å²) in [6.07, 6.45) is 11.1. The van der Waals surface area contributed by atoms with Gasteiger partial charge >= 0.3 is 0 Å². The molecule has 0 unspecified atom stereocenters. The van der Waals surface area contributed by atoms with E-state index < -0.39 is 0 Å². The molecular formula is C20H31IN4O. The van der Waals surface area contributed by atoms with Crippen LogP contribution in [0.25, 0.3) is 0 Å². The van der Waals surface area contributed by atoms with Gasteiger partial charge in [0.15, 0.2) is 5.96 Å². The van der Waals surface area contributed by atoms with E-state index in [2.05, 4.69) is 33.8 Å². The van der Waals surface area contributed by atoms with E-state index >= 15 is 0 Å². The van der Waals surface area contributed by atoms with E-state index in [9.17, 15) is 4.79 Å². The van der Waals surface area contributed by atoms with Crippen LogP contribution in [0, 0.1) is 0 Å². The van der Waals surface area contributed by atoms with Gasteiger partial charge in [0, 0.05) is 18.2 Å². The van der Waals surface area contributed by atoms with Gasteiger partial charge in [0.1, 0.15) is 0 Å². The maximum absolute atomic E-state index is 12.0. The molecule has 0 heterocycles. The predicted molar refractivity (Wildman–Crippen MR) is 118 cm³/mol. The molecule has 0 atom stereocenters. The number of aryl methyl sites for hydroxylation is 1. The molecular weight excluding hydrogens is 439 g/mol. The first kappa shape index (κ1) is 21.0. The van der Waals surface area contributed by atoms with Gasteiger partial charge < -0.3 is 16.4 Å². The second kappa shape index (κ2) is 10.7. The molecule has 1 amide bonds. The average Bonchev–Trinajstić information content (AvgIpc) is 2.63. The van der Waals surface area contributed by atoms with E-state index in [0.29, 0.717) is 25.0 Å². The lowest BCUT2D eigenvalue weighted by molar-refractivity contribution is -0.121. The number of halogens is 1. The summed E-state index contributed by atoms with van der Waals surface area (Å²) in [5, 5.41) is 6.33. The molecule has 1 fully saturated rings. The molecule has 0 spiro atoms. The quantitative estimate of drug-likeness (QED) is 0.349. The highest BCUT2D eigenvalue weighted by atomic mass is 127. The Kier molecular flexibility index (Phi) is 8.68. The van der Waals surface area contributed by atoms with Crippen LogP contribution in [0.4, 0.5) is 5.69 Å². The zero-order valence-corrected chi connectivity index (χ0v) is 17.8. The van der Waals surface area contributed by atoms with Gasteiger partial charge in [-0.1, -0.05) is 31.4 Å². The number of anilines is 1. The molecule has 26 heavy (non-hydrogen) atoms. The highest BCUT2D eigenvalue weighted by molar-refractivity contribution is 14.0. The molecule has 1 aromatic rings. The number of guanidine groups is 1. The summed E-state index contributed by atoms with van der Waals surface area (Å²) in [5.41, 5.74) is 9.85. The molecule has 144 valence electrons. The van der Waals surface area contributed by atoms with Crippen LogP contribution in [-0.2, 0) is 17.6 Å². The van der Waals surface area contributed by atoms with Gasteiger partial charge in [-0.15, -0.1) is 24.0 Å². The van der Waals surface area contributed by atoms with Gasteiger partial charge in [-0.05, 0) is 55.7 Å². The Hall–Kier alpha value is -1.31. The van der Waals surface area contributed by atoms with Gasteiger partial charge in [0.05, 0.1) is 6.54 Å². The van der Waals surface area contributed by atoms with E-state index in [4.69, 9.17) is 5.73 Å². The summed E-state index contributed by atoms with van der Waals surface area (Å²) in [5.74, 6) is 0.477. The van der Waals surface area contributed by atoms with Crippen molar-refractivity contribution in [2.24, 2.45) is 10.7 Å². The molecule has 2 aliphatic rings. The zero-order valence-electron chi connectivity index (χ0n) is 15.4. The van der Waals surface area contributed by atoms with E-state index in [1.54, 1.807) is 0 Å². The number of carbonyl (C=O) groups excluding carboxylic acids is 1. The van der Waals surface area contributed by atoms with Crippen molar-refractivity contribution >= 4 is 41.5 Å². The molecule has 0 radical (unpaired) electrons. The monoisotopic (exact) mass is 470 g/mol. The number of amides is 1. The van der Waals surface area contributed by atoms with Gasteiger partial charge in [0.25, 0.3) is 0 Å². The number of rotatable bonds is 5. The number of aliphatic imine (C=N–C) groups is 1. The lowest BCUT2D eigenvalue weighted by atomic mass is 9.90. The summed E-state index contributed by atoms with van der Waals surface area (Å²) < 4.78 is 0. The first-order chi connectivity index (χ1) is 12.2. The number of nitrogens with zero attached hydrogens (tertiary/aromatic N) is 1. The Morgan fingerprint density at radius 2 is 1.88 bits per heavy atom. The summed E-state index contributed by atoms with van der Waals surface area (Å²) in [7, 11) is 0. The highest BCUT2D eigenvalue weighted by Crippen LogP contribution is 2.27. The van der Waals surface area contributed by atoms with Crippen LogP contribution < -0.4 is 16.4 Å². The van der Waals surface area contributed by atoms with Crippen LogP contribution >= 0.6 is 24.0 Å². The molecule has 6 heteroatoms. The molecule has 1 saturated carbocycles. The van der Waals surface area contributed by atoms with Crippen LogP contribution in [0.3, 0.4) is 0 Å². The molecule has 4 N–H and O–H groups in total. The zero-order chi connectivity index (χ0) is 17.5. The molecule has 0 saturated heterocycles. The van der Waals surface area contributed by atoms with Gasteiger partial charge in [-0.25, -0.2) is 0 Å². The number of hydrogen-bond acceptors (Lipinski definition) is 2. The molecule has 1 aromatic carbocycles. The fraction of sp³-hybridized carbons (Fsp3) is 0.600. The Labute approximate surface area is 173 Å². The van der Waals surface area contributed by atoms with Crippen molar-refractivity contribution in [3.63, 3.8) is 0 Å². The maximum Gasteiger partial charge on any atom is 0.222 e. The highest BCUT2D eigenvalue weighted by Gasteiger charge is 2.15. The second-order valence-corrected chi connectivity index (χ2v) is 7.19. The first-order valence-electron chi connectivity index (χ1n) is 9.69. The van der Waals surface area contributed by atoms with Crippen molar-refractivity contribution in [2.75, 3.05) is 11.9 Å². The minimum absolute atomic E-state index is 0. The minimum atomic E-state index is 0. The smallest absolute Gasteiger partial charge is 0.222 e. The van der Waals surface area contributed by atoms with E-state index in [1.807, 2.05) is 0 Å². The fourth-order valence-electron chi connectivity index (χ4n) is 3.90. The summed E-state index contributed by atoms with van der Waals surface area (Å²) in [6.45, 7) is 0.423. The Bertz CT molecular complexity index is 626. The lowest BCUT2D eigenvalue weighted by Crippen LogP contribution is -2.36. The average molecular weight is 470 g/mol. The Balaban J connectivity index is 0.00000243. The van der Waals surface area contributed by atoms with E-state index in [1.165, 1.54) is 43.2 Å². The molecule has 3 rings (SSSR count). The number of nitrogens with one attached hydrogen (secondary N) is 2. The van der Waals surface area contributed by atoms with Crippen LogP contribution in [0.1, 0.15) is 62.5 Å². The van der Waals surface area contributed by atoms with Crippen molar-refractivity contribution in [1.29, 1.82) is 0 Å². The van der Waals surface area contributed by atoms with Crippen LogP contribution in [0.15, 0.2) is 23.2 Å². The molecule has 0 aromatic heterocycles. The second-order valence-electron chi connectivity index (χ2n) is 7.19. The summed E-state index contributed by atoms with van der Waals surface area (Å²) in [6, 6.07) is 6.68. The van der Waals surface area contributed by atoms with Crippen molar-refractivity contribution in [3.05, 3.63) is 29.3 Å². The third-order valence-corrected chi connectivity index (χ3v) is 5.25. The van der Waals surface area contributed by atoms with Crippen molar-refractivity contribution < 1.29 is 4.79 Å². The molecule has 2 aliphatic carbocycles.